The Kier molecular flexibility index (Phi) is 4.82. The standard InChI is InChI=1S/C23H32N4O/c1-16-19(25-15-24-16)14-27-18-10-11-20(27)23(13-18,21(28)26-22(2,3)4)12-17-8-6-5-7-9-17/h5-9,15,18,20H,10-14H2,1-4H3,(H,24,25)(H,26,28)/t18-,20+,23+/m0/s1. The Hall–Kier alpha value is -2.14. The molecule has 2 aliphatic rings. The lowest BCUT2D eigenvalue weighted by atomic mass is 9.69. The first-order valence-electron chi connectivity index (χ1n) is 10.4. The second-order valence-electron chi connectivity index (χ2n) is 9.62. The minimum absolute atomic E-state index is 0.208. The molecule has 0 radical (unpaired) electrons. The summed E-state index contributed by atoms with van der Waals surface area (Å²) in [5.41, 5.74) is 2.87. The summed E-state index contributed by atoms with van der Waals surface area (Å²) in [6, 6.07) is 11.2. The number of hydrogen-bond donors (Lipinski definition) is 2. The molecule has 1 aromatic heterocycles. The molecular formula is C23H32N4O. The number of nitrogens with zero attached hydrogens (tertiary/aromatic N) is 2. The van der Waals surface area contributed by atoms with Crippen molar-refractivity contribution in [3.05, 3.63) is 53.6 Å². The number of carbonyl (C=O) groups excluding carboxylic acids is 1. The predicted octanol–water partition coefficient (Wildman–Crippen LogP) is 3.60. The molecule has 2 bridgehead atoms. The van der Waals surface area contributed by atoms with E-state index in [0.29, 0.717) is 6.04 Å². The molecule has 3 heterocycles. The van der Waals surface area contributed by atoms with E-state index in [1.807, 2.05) is 6.07 Å². The molecule has 0 aliphatic carbocycles. The topological polar surface area (TPSA) is 61.0 Å². The van der Waals surface area contributed by atoms with E-state index in [9.17, 15) is 4.79 Å². The van der Waals surface area contributed by atoms with E-state index in [-0.39, 0.29) is 22.9 Å². The number of rotatable bonds is 5. The second-order valence-corrected chi connectivity index (χ2v) is 9.62. The molecule has 3 atom stereocenters. The van der Waals surface area contributed by atoms with Crippen LogP contribution >= 0.6 is 0 Å². The van der Waals surface area contributed by atoms with Gasteiger partial charge >= 0.3 is 0 Å². The monoisotopic (exact) mass is 380 g/mol. The van der Waals surface area contributed by atoms with E-state index in [1.54, 1.807) is 6.33 Å². The Morgan fingerprint density at radius 3 is 2.68 bits per heavy atom. The van der Waals surface area contributed by atoms with Crippen LogP contribution in [0.2, 0.25) is 0 Å². The number of nitrogens with one attached hydrogen (secondary N) is 2. The fourth-order valence-electron chi connectivity index (χ4n) is 5.20. The first kappa shape index (κ1) is 19.2. The van der Waals surface area contributed by atoms with Crippen molar-refractivity contribution in [2.75, 3.05) is 0 Å². The van der Waals surface area contributed by atoms with E-state index >= 15 is 0 Å². The second kappa shape index (κ2) is 7.03. The van der Waals surface area contributed by atoms with Crippen molar-refractivity contribution < 1.29 is 4.79 Å². The molecule has 2 saturated heterocycles. The molecule has 2 fully saturated rings. The third-order valence-corrected chi connectivity index (χ3v) is 6.45. The number of amides is 1. The molecule has 2 N–H and O–H groups in total. The van der Waals surface area contributed by atoms with Crippen LogP contribution in [0.1, 0.15) is 57.0 Å². The minimum atomic E-state index is -0.373. The fourth-order valence-corrected chi connectivity index (χ4v) is 5.20. The Labute approximate surface area is 167 Å². The van der Waals surface area contributed by atoms with Crippen LogP contribution < -0.4 is 5.32 Å². The van der Waals surface area contributed by atoms with Crippen LogP contribution in [0, 0.1) is 12.3 Å². The summed E-state index contributed by atoms with van der Waals surface area (Å²) in [4.78, 5) is 23.9. The van der Waals surface area contributed by atoms with Crippen molar-refractivity contribution in [1.82, 2.24) is 20.2 Å². The molecule has 28 heavy (non-hydrogen) atoms. The van der Waals surface area contributed by atoms with Crippen molar-refractivity contribution >= 4 is 5.91 Å². The van der Waals surface area contributed by atoms with Crippen LogP contribution in [-0.2, 0) is 17.8 Å². The molecular weight excluding hydrogens is 348 g/mol. The van der Waals surface area contributed by atoms with Crippen LogP contribution in [0.15, 0.2) is 36.7 Å². The maximum atomic E-state index is 13.6. The molecule has 5 nitrogen and oxygen atoms in total. The van der Waals surface area contributed by atoms with Gasteiger partial charge in [-0.2, -0.15) is 0 Å². The number of aromatic nitrogens is 2. The van der Waals surface area contributed by atoms with Gasteiger partial charge in [-0.15, -0.1) is 0 Å². The predicted molar refractivity (Wildman–Crippen MR) is 111 cm³/mol. The Morgan fingerprint density at radius 2 is 2.04 bits per heavy atom. The first-order valence-corrected chi connectivity index (χ1v) is 10.4. The Morgan fingerprint density at radius 1 is 1.29 bits per heavy atom. The first-order chi connectivity index (χ1) is 13.3. The zero-order chi connectivity index (χ0) is 19.9. The molecule has 2 aliphatic heterocycles. The van der Waals surface area contributed by atoms with E-state index in [1.165, 1.54) is 12.0 Å². The molecule has 4 rings (SSSR count). The summed E-state index contributed by atoms with van der Waals surface area (Å²) in [5.74, 6) is 0.208. The van der Waals surface area contributed by atoms with Crippen LogP contribution in [0.3, 0.4) is 0 Å². The number of fused-ring (bicyclic) bond motifs is 2. The average molecular weight is 381 g/mol. The molecule has 0 saturated carbocycles. The lowest BCUT2D eigenvalue weighted by molar-refractivity contribution is -0.134. The lowest BCUT2D eigenvalue weighted by Gasteiger charge is -2.39. The summed E-state index contributed by atoms with van der Waals surface area (Å²) in [6.45, 7) is 9.10. The maximum Gasteiger partial charge on any atom is 0.228 e. The van der Waals surface area contributed by atoms with Crippen LogP contribution in [0.5, 0.6) is 0 Å². The molecule has 1 aromatic carbocycles. The van der Waals surface area contributed by atoms with Crippen molar-refractivity contribution in [2.45, 2.75) is 77.5 Å². The summed E-state index contributed by atoms with van der Waals surface area (Å²) in [5, 5.41) is 3.31. The summed E-state index contributed by atoms with van der Waals surface area (Å²) in [7, 11) is 0. The number of carbonyl (C=O) groups is 1. The van der Waals surface area contributed by atoms with Gasteiger partial charge in [0.25, 0.3) is 0 Å². The van der Waals surface area contributed by atoms with Gasteiger partial charge in [-0.3, -0.25) is 9.69 Å². The molecule has 0 unspecified atom stereocenters. The zero-order valence-electron chi connectivity index (χ0n) is 17.5. The molecule has 5 heteroatoms. The summed E-state index contributed by atoms with van der Waals surface area (Å²) >= 11 is 0. The van der Waals surface area contributed by atoms with Crippen molar-refractivity contribution in [1.29, 1.82) is 0 Å². The molecule has 0 spiro atoms. The van der Waals surface area contributed by atoms with Gasteiger partial charge in [0.05, 0.1) is 17.4 Å². The third-order valence-electron chi connectivity index (χ3n) is 6.45. The highest BCUT2D eigenvalue weighted by atomic mass is 16.2. The fraction of sp³-hybridized carbons (Fsp3) is 0.565. The Balaban J connectivity index is 1.66. The van der Waals surface area contributed by atoms with E-state index in [0.717, 1.165) is 37.2 Å². The maximum absolute atomic E-state index is 13.6. The number of H-pyrrole nitrogens is 1. The van der Waals surface area contributed by atoms with E-state index in [2.05, 4.69) is 72.1 Å². The van der Waals surface area contributed by atoms with Gasteiger partial charge in [0.1, 0.15) is 0 Å². The van der Waals surface area contributed by atoms with Crippen molar-refractivity contribution in [3.63, 3.8) is 0 Å². The summed E-state index contributed by atoms with van der Waals surface area (Å²) in [6.07, 6.45) is 5.75. The lowest BCUT2D eigenvalue weighted by Crippen LogP contribution is -2.55. The third kappa shape index (κ3) is 3.48. The van der Waals surface area contributed by atoms with E-state index in [4.69, 9.17) is 0 Å². The minimum Gasteiger partial charge on any atom is -0.351 e. The van der Waals surface area contributed by atoms with Crippen LogP contribution in [0.25, 0.3) is 0 Å². The average Bonchev–Trinajstić information content (AvgIpc) is 3.29. The normalized spacial score (nSPS) is 27.3. The highest BCUT2D eigenvalue weighted by molar-refractivity contribution is 5.85. The number of aryl methyl sites for hydroxylation is 1. The number of aromatic amines is 1. The number of benzene rings is 1. The van der Waals surface area contributed by atoms with Crippen LogP contribution in [-0.4, -0.2) is 38.4 Å². The zero-order valence-corrected chi connectivity index (χ0v) is 17.5. The van der Waals surface area contributed by atoms with Gasteiger partial charge in [-0.05, 0) is 58.9 Å². The highest BCUT2D eigenvalue weighted by Crippen LogP contribution is 2.52. The van der Waals surface area contributed by atoms with Gasteiger partial charge < -0.3 is 10.3 Å². The van der Waals surface area contributed by atoms with Gasteiger partial charge in [0.2, 0.25) is 5.91 Å². The smallest absolute Gasteiger partial charge is 0.228 e. The quantitative estimate of drug-likeness (QED) is 0.833. The van der Waals surface area contributed by atoms with Crippen LogP contribution in [0.4, 0.5) is 0 Å². The largest absolute Gasteiger partial charge is 0.351 e. The Bertz CT molecular complexity index is 838. The van der Waals surface area contributed by atoms with Gasteiger partial charge in [-0.25, -0.2) is 4.98 Å². The van der Waals surface area contributed by atoms with E-state index < -0.39 is 0 Å². The molecule has 150 valence electrons. The summed E-state index contributed by atoms with van der Waals surface area (Å²) < 4.78 is 0. The number of hydrogen-bond acceptors (Lipinski definition) is 3. The van der Waals surface area contributed by atoms with Crippen molar-refractivity contribution in [2.24, 2.45) is 5.41 Å². The van der Waals surface area contributed by atoms with Gasteiger partial charge in [0.15, 0.2) is 0 Å². The van der Waals surface area contributed by atoms with Crippen molar-refractivity contribution in [3.8, 4) is 0 Å². The SMILES string of the molecule is Cc1[nH]cnc1CN1[C@H]2CC[C@@H]1[C@](Cc1ccccc1)(C(=O)NC(C)(C)C)C2. The number of imidazole rings is 1. The molecule has 1 amide bonds. The molecule has 2 aromatic rings. The highest BCUT2D eigenvalue weighted by Gasteiger charge is 2.59. The van der Waals surface area contributed by atoms with Gasteiger partial charge in [0, 0.05) is 29.9 Å². The van der Waals surface area contributed by atoms with Gasteiger partial charge in [-0.1, -0.05) is 30.3 Å².